The Balaban J connectivity index is 1.75. The largest absolute Gasteiger partial charge is 0.283 e. The number of rotatable bonds is 6. The lowest BCUT2D eigenvalue weighted by molar-refractivity contribution is 0.244. The summed E-state index contributed by atoms with van der Waals surface area (Å²) in [6.07, 6.45) is 3.90. The molecule has 0 unspecified atom stereocenters. The Bertz CT molecular complexity index is 941. The van der Waals surface area contributed by atoms with E-state index in [9.17, 15) is 0 Å². The van der Waals surface area contributed by atoms with Crippen molar-refractivity contribution in [2.75, 3.05) is 13.3 Å². The van der Waals surface area contributed by atoms with Gasteiger partial charge in [0.15, 0.2) is 0 Å². The fraction of sp³-hybridized carbons (Fsp3) is 0.300. The molecular formula is C20H24N4S2. The molecule has 136 valence electrons. The van der Waals surface area contributed by atoms with Gasteiger partial charge in [0.2, 0.25) is 4.77 Å². The standard InChI is InChI=1S/C20H24N4S2/c1-15-5-6-16(2)19(11-15)23-13-21-24(20(23)25)14-22(3)12-17-7-9-18(26-4)10-8-17/h5-11,13H,12,14H2,1-4H3. The fourth-order valence-electron chi connectivity index (χ4n) is 2.90. The zero-order chi connectivity index (χ0) is 18.7. The molecule has 1 heterocycles. The second-order valence-corrected chi connectivity index (χ2v) is 7.82. The Labute approximate surface area is 164 Å². The van der Waals surface area contributed by atoms with E-state index in [0.29, 0.717) is 11.4 Å². The highest BCUT2D eigenvalue weighted by Crippen LogP contribution is 2.17. The van der Waals surface area contributed by atoms with E-state index in [2.05, 4.69) is 79.6 Å². The van der Waals surface area contributed by atoms with Crippen molar-refractivity contribution in [1.29, 1.82) is 0 Å². The number of benzene rings is 2. The molecule has 0 aliphatic heterocycles. The fourth-order valence-corrected chi connectivity index (χ4v) is 3.56. The summed E-state index contributed by atoms with van der Waals surface area (Å²) in [5.41, 5.74) is 4.78. The van der Waals surface area contributed by atoms with E-state index in [1.54, 1.807) is 11.8 Å². The van der Waals surface area contributed by atoms with Crippen molar-refractivity contribution in [2.24, 2.45) is 0 Å². The summed E-state index contributed by atoms with van der Waals surface area (Å²) in [5, 5.41) is 4.50. The van der Waals surface area contributed by atoms with E-state index in [0.717, 1.165) is 12.2 Å². The summed E-state index contributed by atoms with van der Waals surface area (Å²) in [7, 11) is 2.08. The van der Waals surface area contributed by atoms with Gasteiger partial charge in [-0.15, -0.1) is 11.8 Å². The summed E-state index contributed by atoms with van der Waals surface area (Å²) in [4.78, 5) is 3.50. The Kier molecular flexibility index (Phi) is 5.96. The topological polar surface area (TPSA) is 26.0 Å². The minimum absolute atomic E-state index is 0.654. The van der Waals surface area contributed by atoms with Crippen molar-refractivity contribution >= 4 is 24.0 Å². The number of aromatic nitrogens is 3. The molecule has 3 rings (SSSR count). The molecule has 26 heavy (non-hydrogen) atoms. The van der Waals surface area contributed by atoms with Crippen molar-refractivity contribution in [1.82, 2.24) is 19.2 Å². The Morgan fingerprint density at radius 2 is 1.85 bits per heavy atom. The highest BCUT2D eigenvalue weighted by atomic mass is 32.2. The summed E-state index contributed by atoms with van der Waals surface area (Å²) < 4.78 is 4.56. The zero-order valence-electron chi connectivity index (χ0n) is 15.6. The van der Waals surface area contributed by atoms with Crippen LogP contribution in [0.1, 0.15) is 16.7 Å². The predicted octanol–water partition coefficient (Wildman–Crippen LogP) is 4.83. The van der Waals surface area contributed by atoms with Gasteiger partial charge in [0.1, 0.15) is 6.33 Å². The second kappa shape index (κ2) is 8.20. The third-order valence-electron chi connectivity index (χ3n) is 4.34. The van der Waals surface area contributed by atoms with E-state index in [4.69, 9.17) is 12.2 Å². The van der Waals surface area contributed by atoms with Gasteiger partial charge in [-0.25, -0.2) is 4.68 Å². The van der Waals surface area contributed by atoms with Crippen molar-refractivity contribution in [3.63, 3.8) is 0 Å². The maximum absolute atomic E-state index is 5.66. The molecule has 0 amide bonds. The van der Waals surface area contributed by atoms with E-state index in [-0.39, 0.29) is 0 Å². The smallest absolute Gasteiger partial charge is 0.203 e. The predicted molar refractivity (Wildman–Crippen MR) is 112 cm³/mol. The van der Waals surface area contributed by atoms with E-state index >= 15 is 0 Å². The molecule has 0 radical (unpaired) electrons. The molecule has 0 aliphatic rings. The molecule has 0 saturated carbocycles. The first-order chi connectivity index (χ1) is 12.5. The van der Waals surface area contributed by atoms with Gasteiger partial charge in [0, 0.05) is 11.4 Å². The third kappa shape index (κ3) is 4.26. The van der Waals surface area contributed by atoms with Crippen LogP contribution in [0.5, 0.6) is 0 Å². The van der Waals surface area contributed by atoms with Crippen LogP contribution >= 0.6 is 24.0 Å². The van der Waals surface area contributed by atoms with Crippen molar-refractivity contribution in [3.05, 3.63) is 70.3 Å². The van der Waals surface area contributed by atoms with Crippen LogP contribution in [-0.4, -0.2) is 32.6 Å². The SMILES string of the molecule is CSc1ccc(CN(C)Cn2ncn(-c3cc(C)ccc3C)c2=S)cc1. The maximum Gasteiger partial charge on any atom is 0.203 e. The van der Waals surface area contributed by atoms with Gasteiger partial charge >= 0.3 is 0 Å². The average molecular weight is 385 g/mol. The second-order valence-electron chi connectivity index (χ2n) is 6.58. The number of nitrogens with zero attached hydrogens (tertiary/aromatic N) is 4. The molecule has 0 N–H and O–H groups in total. The molecule has 3 aromatic rings. The van der Waals surface area contributed by atoms with Gasteiger partial charge in [-0.05, 0) is 74.3 Å². The quantitative estimate of drug-likeness (QED) is 0.449. The minimum atomic E-state index is 0.654. The average Bonchev–Trinajstić information content (AvgIpc) is 2.98. The molecule has 1 aromatic heterocycles. The number of hydrogen-bond acceptors (Lipinski definition) is 4. The summed E-state index contributed by atoms with van der Waals surface area (Å²) in [6.45, 7) is 5.69. The first-order valence-electron chi connectivity index (χ1n) is 8.51. The molecule has 6 heteroatoms. The summed E-state index contributed by atoms with van der Waals surface area (Å²) >= 11 is 7.42. The zero-order valence-corrected chi connectivity index (χ0v) is 17.3. The molecule has 0 spiro atoms. The van der Waals surface area contributed by atoms with Crippen LogP contribution < -0.4 is 0 Å². The van der Waals surface area contributed by atoms with Crippen LogP contribution in [0, 0.1) is 18.6 Å². The molecule has 0 fully saturated rings. The van der Waals surface area contributed by atoms with E-state index in [1.165, 1.54) is 21.6 Å². The van der Waals surface area contributed by atoms with Gasteiger partial charge in [-0.1, -0.05) is 24.3 Å². The third-order valence-corrected chi connectivity index (χ3v) is 5.50. The van der Waals surface area contributed by atoms with Crippen LogP contribution in [0.4, 0.5) is 0 Å². The van der Waals surface area contributed by atoms with Crippen LogP contribution in [0.15, 0.2) is 53.7 Å². The highest BCUT2D eigenvalue weighted by molar-refractivity contribution is 7.98. The van der Waals surface area contributed by atoms with Crippen LogP contribution in [0.3, 0.4) is 0 Å². The van der Waals surface area contributed by atoms with Crippen LogP contribution in [0.2, 0.25) is 0 Å². The first-order valence-corrected chi connectivity index (χ1v) is 10.1. The minimum Gasteiger partial charge on any atom is -0.283 e. The van der Waals surface area contributed by atoms with E-state index in [1.807, 2.05) is 15.6 Å². The Hall–Kier alpha value is -1.89. The number of thioether (sulfide) groups is 1. The molecular weight excluding hydrogens is 360 g/mol. The monoisotopic (exact) mass is 384 g/mol. The lowest BCUT2D eigenvalue weighted by Gasteiger charge is -2.16. The van der Waals surface area contributed by atoms with E-state index < -0.39 is 0 Å². The Morgan fingerprint density at radius 1 is 1.12 bits per heavy atom. The van der Waals surface area contributed by atoms with Gasteiger partial charge in [0.05, 0.1) is 12.4 Å². The normalized spacial score (nSPS) is 11.3. The molecule has 0 saturated heterocycles. The maximum atomic E-state index is 5.66. The van der Waals surface area contributed by atoms with Gasteiger partial charge in [0.25, 0.3) is 0 Å². The lowest BCUT2D eigenvalue weighted by Crippen LogP contribution is -2.22. The number of hydrogen-bond donors (Lipinski definition) is 0. The highest BCUT2D eigenvalue weighted by Gasteiger charge is 2.09. The number of aryl methyl sites for hydroxylation is 2. The summed E-state index contributed by atoms with van der Waals surface area (Å²) in [5.74, 6) is 0. The lowest BCUT2D eigenvalue weighted by atomic mass is 10.1. The van der Waals surface area contributed by atoms with Crippen LogP contribution in [-0.2, 0) is 13.2 Å². The molecule has 0 atom stereocenters. The van der Waals surface area contributed by atoms with Crippen molar-refractivity contribution < 1.29 is 0 Å². The summed E-state index contributed by atoms with van der Waals surface area (Å²) in [6, 6.07) is 15.1. The van der Waals surface area contributed by atoms with Gasteiger partial charge in [-0.3, -0.25) is 9.47 Å². The van der Waals surface area contributed by atoms with Crippen LogP contribution in [0.25, 0.3) is 5.69 Å². The molecule has 0 bridgehead atoms. The van der Waals surface area contributed by atoms with Gasteiger partial charge < -0.3 is 0 Å². The van der Waals surface area contributed by atoms with Crippen molar-refractivity contribution in [2.45, 2.75) is 32.0 Å². The molecule has 2 aromatic carbocycles. The Morgan fingerprint density at radius 3 is 2.54 bits per heavy atom. The molecule has 0 aliphatic carbocycles. The molecule has 4 nitrogen and oxygen atoms in total. The van der Waals surface area contributed by atoms with Crippen molar-refractivity contribution in [3.8, 4) is 5.69 Å². The van der Waals surface area contributed by atoms with Gasteiger partial charge in [-0.2, -0.15) is 5.10 Å². The first kappa shape index (κ1) is 18.9.